The molecule has 5 nitrogen and oxygen atoms in total. The van der Waals surface area contributed by atoms with Crippen molar-refractivity contribution in [2.75, 3.05) is 12.3 Å². The molecular formula is C15H26N2O3S. The second-order valence-electron chi connectivity index (χ2n) is 6.45. The molecule has 0 spiro atoms. The maximum absolute atomic E-state index is 13.0. The lowest BCUT2D eigenvalue weighted by molar-refractivity contribution is -0.141. The number of carbonyl (C=O) groups excluding carboxylic acids is 1. The maximum Gasteiger partial charge on any atom is 0.327 e. The molecule has 2 amide bonds. The van der Waals surface area contributed by atoms with E-state index in [9.17, 15) is 14.7 Å². The number of hydrogen-bond donors (Lipinski definition) is 1. The third kappa shape index (κ3) is 3.15. The van der Waals surface area contributed by atoms with Crippen molar-refractivity contribution in [2.45, 2.75) is 58.0 Å². The Morgan fingerprint density at radius 1 is 1.29 bits per heavy atom. The molecule has 0 bridgehead atoms. The Kier molecular flexibility index (Phi) is 5.07. The van der Waals surface area contributed by atoms with Crippen molar-refractivity contribution in [3.05, 3.63) is 0 Å². The first-order valence-corrected chi connectivity index (χ1v) is 8.85. The standard InChI is InChI=1S/C15H26N2O3S/c1-5-13-17(12(8-21-13)14(18)19)15(20)16-7-9(2)6-10(3)11(16)4/h9-13H,5-8H2,1-4H3,(H,18,19). The SMILES string of the molecule is CCC1SCC(C(=O)O)N1C(=O)N1CC(C)CC(C)C1C. The topological polar surface area (TPSA) is 60.9 Å². The van der Waals surface area contributed by atoms with E-state index in [1.165, 1.54) is 0 Å². The van der Waals surface area contributed by atoms with Crippen molar-refractivity contribution < 1.29 is 14.7 Å². The minimum atomic E-state index is -0.891. The molecule has 120 valence electrons. The smallest absolute Gasteiger partial charge is 0.327 e. The molecule has 2 fully saturated rings. The van der Waals surface area contributed by atoms with Gasteiger partial charge in [0.25, 0.3) is 0 Å². The summed E-state index contributed by atoms with van der Waals surface area (Å²) in [5.74, 6) is 0.528. The second-order valence-corrected chi connectivity index (χ2v) is 7.66. The van der Waals surface area contributed by atoms with Crippen LogP contribution in [0.25, 0.3) is 0 Å². The minimum absolute atomic E-state index is 0.0154. The van der Waals surface area contributed by atoms with Gasteiger partial charge >= 0.3 is 12.0 Å². The Balaban J connectivity index is 2.21. The molecule has 0 saturated carbocycles. The summed E-state index contributed by atoms with van der Waals surface area (Å²) in [7, 11) is 0. The van der Waals surface area contributed by atoms with Gasteiger partial charge in [0.05, 0.1) is 5.37 Å². The zero-order chi connectivity index (χ0) is 15.7. The fourth-order valence-corrected chi connectivity index (χ4v) is 4.78. The normalized spacial score (nSPS) is 36.9. The number of thioether (sulfide) groups is 1. The Hall–Kier alpha value is -0.910. The Morgan fingerprint density at radius 3 is 2.52 bits per heavy atom. The van der Waals surface area contributed by atoms with E-state index in [4.69, 9.17) is 0 Å². The van der Waals surface area contributed by atoms with Crippen LogP contribution in [0.3, 0.4) is 0 Å². The van der Waals surface area contributed by atoms with Gasteiger partial charge in [0.15, 0.2) is 0 Å². The van der Waals surface area contributed by atoms with E-state index in [1.54, 1.807) is 16.7 Å². The zero-order valence-electron chi connectivity index (χ0n) is 13.3. The first-order valence-electron chi connectivity index (χ1n) is 7.80. The molecule has 0 aromatic heterocycles. The number of carboxylic acid groups (broad SMARTS) is 1. The number of aliphatic carboxylic acids is 1. The molecule has 2 rings (SSSR count). The van der Waals surface area contributed by atoms with Crippen LogP contribution in [0.5, 0.6) is 0 Å². The lowest BCUT2D eigenvalue weighted by Crippen LogP contribution is -2.57. The highest BCUT2D eigenvalue weighted by molar-refractivity contribution is 8.00. The van der Waals surface area contributed by atoms with Gasteiger partial charge in [0, 0.05) is 18.3 Å². The maximum atomic E-state index is 13.0. The lowest BCUT2D eigenvalue weighted by atomic mass is 9.86. The molecule has 0 aliphatic carbocycles. The van der Waals surface area contributed by atoms with Gasteiger partial charge in [-0.05, 0) is 31.6 Å². The minimum Gasteiger partial charge on any atom is -0.480 e. The number of urea groups is 1. The van der Waals surface area contributed by atoms with Gasteiger partial charge in [-0.1, -0.05) is 20.8 Å². The number of likely N-dealkylation sites (tertiary alicyclic amines) is 1. The highest BCUT2D eigenvalue weighted by Crippen LogP contribution is 2.35. The summed E-state index contributed by atoms with van der Waals surface area (Å²) in [6, 6.07) is -0.608. The van der Waals surface area contributed by atoms with E-state index in [1.807, 2.05) is 11.8 Å². The van der Waals surface area contributed by atoms with Crippen molar-refractivity contribution in [2.24, 2.45) is 11.8 Å². The van der Waals surface area contributed by atoms with E-state index < -0.39 is 12.0 Å². The van der Waals surface area contributed by atoms with Crippen LogP contribution in [0.2, 0.25) is 0 Å². The van der Waals surface area contributed by atoms with E-state index in [0.29, 0.717) is 17.6 Å². The van der Waals surface area contributed by atoms with E-state index >= 15 is 0 Å². The molecule has 2 heterocycles. The third-order valence-corrected chi connectivity index (χ3v) is 6.24. The van der Waals surface area contributed by atoms with Gasteiger partial charge < -0.3 is 10.0 Å². The van der Waals surface area contributed by atoms with Gasteiger partial charge in [0.2, 0.25) is 0 Å². The van der Waals surface area contributed by atoms with Crippen molar-refractivity contribution in [1.29, 1.82) is 0 Å². The van der Waals surface area contributed by atoms with Crippen LogP contribution in [-0.2, 0) is 4.79 Å². The number of carbonyl (C=O) groups is 2. The van der Waals surface area contributed by atoms with Crippen molar-refractivity contribution in [1.82, 2.24) is 9.80 Å². The van der Waals surface area contributed by atoms with Crippen LogP contribution in [-0.4, -0.2) is 56.7 Å². The summed E-state index contributed by atoms with van der Waals surface area (Å²) < 4.78 is 0. The molecule has 0 radical (unpaired) electrons. The van der Waals surface area contributed by atoms with Gasteiger partial charge in [-0.2, -0.15) is 0 Å². The van der Waals surface area contributed by atoms with E-state index in [-0.39, 0.29) is 17.4 Å². The number of rotatable bonds is 2. The average Bonchev–Trinajstić information content (AvgIpc) is 2.86. The van der Waals surface area contributed by atoms with Crippen LogP contribution in [0.4, 0.5) is 4.79 Å². The Labute approximate surface area is 131 Å². The third-order valence-electron chi connectivity index (χ3n) is 4.79. The number of amides is 2. The molecular weight excluding hydrogens is 288 g/mol. The van der Waals surface area contributed by atoms with Gasteiger partial charge in [-0.15, -0.1) is 11.8 Å². The van der Waals surface area contributed by atoms with Gasteiger partial charge in [-0.25, -0.2) is 9.59 Å². The lowest BCUT2D eigenvalue weighted by Gasteiger charge is -2.44. The summed E-state index contributed by atoms with van der Waals surface area (Å²) in [6.45, 7) is 9.15. The average molecular weight is 314 g/mol. The molecule has 0 aromatic carbocycles. The molecule has 5 atom stereocenters. The second kappa shape index (κ2) is 6.46. The predicted molar refractivity (Wildman–Crippen MR) is 84.3 cm³/mol. The largest absolute Gasteiger partial charge is 0.480 e. The molecule has 6 heteroatoms. The van der Waals surface area contributed by atoms with Crippen molar-refractivity contribution >= 4 is 23.8 Å². The van der Waals surface area contributed by atoms with Gasteiger partial charge in [-0.3, -0.25) is 4.90 Å². The Bertz CT molecular complexity index is 418. The van der Waals surface area contributed by atoms with E-state index in [2.05, 4.69) is 20.8 Å². The van der Waals surface area contributed by atoms with Crippen LogP contribution in [0.15, 0.2) is 0 Å². The van der Waals surface area contributed by atoms with Crippen molar-refractivity contribution in [3.63, 3.8) is 0 Å². The summed E-state index contributed by atoms with van der Waals surface area (Å²) in [6.07, 6.45) is 1.91. The molecule has 21 heavy (non-hydrogen) atoms. The first-order chi connectivity index (χ1) is 9.86. The predicted octanol–water partition coefficient (Wildman–Crippen LogP) is 2.71. The molecule has 0 aromatic rings. The molecule has 2 aliphatic heterocycles. The summed E-state index contributed by atoms with van der Waals surface area (Å²) in [5, 5.41) is 9.37. The van der Waals surface area contributed by atoms with Crippen LogP contribution in [0, 0.1) is 11.8 Å². The fourth-order valence-electron chi connectivity index (χ4n) is 3.44. The van der Waals surface area contributed by atoms with Crippen LogP contribution < -0.4 is 0 Å². The Morgan fingerprint density at radius 2 is 1.95 bits per heavy atom. The molecule has 2 saturated heterocycles. The highest BCUT2D eigenvalue weighted by Gasteiger charge is 2.44. The van der Waals surface area contributed by atoms with E-state index in [0.717, 1.165) is 19.4 Å². The summed E-state index contributed by atoms with van der Waals surface area (Å²) in [5.41, 5.74) is 0. The summed E-state index contributed by atoms with van der Waals surface area (Å²) in [4.78, 5) is 27.9. The number of hydrogen-bond acceptors (Lipinski definition) is 3. The van der Waals surface area contributed by atoms with Gasteiger partial charge in [0.1, 0.15) is 6.04 Å². The zero-order valence-corrected chi connectivity index (χ0v) is 14.1. The number of carboxylic acids is 1. The quantitative estimate of drug-likeness (QED) is 0.851. The molecule has 5 unspecified atom stereocenters. The first kappa shape index (κ1) is 16.5. The number of piperidine rings is 1. The fraction of sp³-hybridized carbons (Fsp3) is 0.867. The highest BCUT2D eigenvalue weighted by atomic mass is 32.2. The van der Waals surface area contributed by atoms with Crippen molar-refractivity contribution in [3.8, 4) is 0 Å². The summed E-state index contributed by atoms with van der Waals surface area (Å²) >= 11 is 1.58. The molecule has 1 N–H and O–H groups in total. The monoisotopic (exact) mass is 314 g/mol. The number of nitrogens with zero attached hydrogens (tertiary/aromatic N) is 2. The van der Waals surface area contributed by atoms with Crippen LogP contribution >= 0.6 is 11.8 Å². The molecule has 2 aliphatic rings. The van der Waals surface area contributed by atoms with Crippen LogP contribution in [0.1, 0.15) is 40.5 Å².